The van der Waals surface area contributed by atoms with Crippen LogP contribution in [0.25, 0.3) is 10.8 Å². The van der Waals surface area contributed by atoms with E-state index in [0.717, 1.165) is 34.7 Å². The van der Waals surface area contributed by atoms with Crippen LogP contribution in [-0.4, -0.2) is 25.5 Å². The number of carbonyl (C=O) groups is 1. The van der Waals surface area contributed by atoms with Crippen molar-refractivity contribution in [3.63, 3.8) is 0 Å². The number of rotatable bonds is 5. The molecule has 1 atom stereocenters. The van der Waals surface area contributed by atoms with E-state index < -0.39 is 31.3 Å². The second-order valence-electron chi connectivity index (χ2n) is 6.51. The van der Waals surface area contributed by atoms with E-state index in [4.69, 9.17) is 0 Å². The molecule has 7 nitrogen and oxygen atoms in total. The van der Waals surface area contributed by atoms with Crippen molar-refractivity contribution in [2.24, 2.45) is 0 Å². The zero-order valence-corrected chi connectivity index (χ0v) is 16.1. The van der Waals surface area contributed by atoms with Crippen molar-refractivity contribution in [3.05, 3.63) is 81.9 Å². The summed E-state index contributed by atoms with van der Waals surface area (Å²) < 4.78 is 23.4. The van der Waals surface area contributed by atoms with Gasteiger partial charge in [-0.25, -0.2) is 8.42 Å². The highest BCUT2D eigenvalue weighted by molar-refractivity contribution is 7.90. The highest BCUT2D eigenvalue weighted by Gasteiger charge is 2.24. The number of hydrogen-bond acceptors (Lipinski definition) is 5. The van der Waals surface area contributed by atoms with Crippen LogP contribution in [0.1, 0.15) is 28.9 Å². The van der Waals surface area contributed by atoms with Gasteiger partial charge in [0.25, 0.3) is 11.6 Å². The lowest BCUT2D eigenvalue weighted by molar-refractivity contribution is -0.387. The SMILES string of the molecule is CC(NC(=O)c1ccc(S(C)(=O)=O)c([N+](=O)[O-])c1)c1ccc2ccccc2c1. The minimum Gasteiger partial charge on any atom is -0.346 e. The molecule has 0 aliphatic rings. The molecule has 3 rings (SSSR count). The second kappa shape index (κ2) is 7.40. The maximum Gasteiger partial charge on any atom is 0.288 e. The molecule has 0 aliphatic heterocycles. The fourth-order valence-electron chi connectivity index (χ4n) is 2.96. The Bertz CT molecular complexity index is 1190. The third-order valence-corrected chi connectivity index (χ3v) is 5.58. The average molecular weight is 398 g/mol. The number of amides is 1. The molecule has 0 aromatic heterocycles. The lowest BCUT2D eigenvalue weighted by Gasteiger charge is -2.15. The van der Waals surface area contributed by atoms with Crippen LogP contribution in [0.15, 0.2) is 65.6 Å². The number of benzene rings is 3. The molecule has 1 N–H and O–H groups in total. The number of hydrogen-bond donors (Lipinski definition) is 1. The largest absolute Gasteiger partial charge is 0.346 e. The highest BCUT2D eigenvalue weighted by Crippen LogP contribution is 2.26. The Balaban J connectivity index is 1.87. The van der Waals surface area contributed by atoms with E-state index in [1.807, 2.05) is 42.5 Å². The van der Waals surface area contributed by atoms with Gasteiger partial charge in [0.1, 0.15) is 4.90 Å². The zero-order valence-electron chi connectivity index (χ0n) is 15.2. The van der Waals surface area contributed by atoms with Crippen molar-refractivity contribution in [2.45, 2.75) is 17.9 Å². The van der Waals surface area contributed by atoms with E-state index in [1.165, 1.54) is 6.07 Å². The molecule has 8 heteroatoms. The highest BCUT2D eigenvalue weighted by atomic mass is 32.2. The van der Waals surface area contributed by atoms with Gasteiger partial charge in [0.2, 0.25) is 0 Å². The first-order valence-electron chi connectivity index (χ1n) is 8.45. The van der Waals surface area contributed by atoms with Crippen LogP contribution >= 0.6 is 0 Å². The van der Waals surface area contributed by atoms with Crippen molar-refractivity contribution >= 4 is 32.2 Å². The summed E-state index contributed by atoms with van der Waals surface area (Å²) in [6.07, 6.45) is 0.886. The van der Waals surface area contributed by atoms with Gasteiger partial charge in [-0.3, -0.25) is 14.9 Å². The molecule has 144 valence electrons. The monoisotopic (exact) mass is 398 g/mol. The molecule has 0 fully saturated rings. The number of carbonyl (C=O) groups excluding carboxylic acids is 1. The van der Waals surface area contributed by atoms with Gasteiger partial charge in [0.15, 0.2) is 9.84 Å². The van der Waals surface area contributed by atoms with Gasteiger partial charge in [0, 0.05) is 17.9 Å². The lowest BCUT2D eigenvalue weighted by atomic mass is 10.0. The molecular weight excluding hydrogens is 380 g/mol. The quantitative estimate of drug-likeness (QED) is 0.522. The van der Waals surface area contributed by atoms with Gasteiger partial charge in [-0.05, 0) is 41.5 Å². The molecule has 1 unspecified atom stereocenters. The predicted octanol–water partition coefficient (Wildman–Crippen LogP) is 3.64. The Morgan fingerprint density at radius 2 is 1.71 bits per heavy atom. The van der Waals surface area contributed by atoms with Gasteiger partial charge >= 0.3 is 0 Å². The lowest BCUT2D eigenvalue weighted by Crippen LogP contribution is -2.26. The maximum atomic E-state index is 12.5. The van der Waals surface area contributed by atoms with Crippen molar-refractivity contribution < 1.29 is 18.1 Å². The van der Waals surface area contributed by atoms with E-state index in [1.54, 1.807) is 6.92 Å². The first-order valence-corrected chi connectivity index (χ1v) is 10.3. The molecule has 0 saturated heterocycles. The van der Waals surface area contributed by atoms with Crippen molar-refractivity contribution in [1.82, 2.24) is 5.32 Å². The summed E-state index contributed by atoms with van der Waals surface area (Å²) in [5, 5.41) is 16.1. The van der Waals surface area contributed by atoms with Crippen LogP contribution in [0.5, 0.6) is 0 Å². The van der Waals surface area contributed by atoms with E-state index in [0.29, 0.717) is 0 Å². The fraction of sp³-hybridized carbons (Fsp3) is 0.150. The minimum atomic E-state index is -3.78. The van der Waals surface area contributed by atoms with Gasteiger partial charge in [-0.15, -0.1) is 0 Å². The molecule has 3 aromatic carbocycles. The number of nitrogens with zero attached hydrogens (tertiary/aromatic N) is 1. The summed E-state index contributed by atoms with van der Waals surface area (Å²) >= 11 is 0. The summed E-state index contributed by atoms with van der Waals surface area (Å²) in [5.41, 5.74) is 0.287. The van der Waals surface area contributed by atoms with Crippen LogP contribution in [0.2, 0.25) is 0 Å². The summed E-state index contributed by atoms with van der Waals surface area (Å²) in [4.78, 5) is 22.5. The smallest absolute Gasteiger partial charge is 0.288 e. The first-order chi connectivity index (χ1) is 13.2. The number of nitrogens with one attached hydrogen (secondary N) is 1. The van der Waals surface area contributed by atoms with Gasteiger partial charge in [0.05, 0.1) is 11.0 Å². The summed E-state index contributed by atoms with van der Waals surface area (Å²) in [6.45, 7) is 1.81. The number of nitro benzene ring substituents is 1. The molecule has 3 aromatic rings. The Morgan fingerprint density at radius 3 is 2.36 bits per heavy atom. The standard InChI is InChI=1S/C20H18N2O5S/c1-13(15-8-7-14-5-3-4-6-16(14)11-15)21-20(23)17-9-10-19(28(2,26)27)18(12-17)22(24)25/h3-13H,1-2H3,(H,21,23). The van der Waals surface area contributed by atoms with Gasteiger partial charge < -0.3 is 5.32 Å². The van der Waals surface area contributed by atoms with Crippen LogP contribution in [0.4, 0.5) is 5.69 Å². The Kier molecular flexibility index (Phi) is 5.15. The van der Waals surface area contributed by atoms with Crippen LogP contribution in [0.3, 0.4) is 0 Å². The molecule has 0 saturated carbocycles. The Morgan fingerprint density at radius 1 is 1.04 bits per heavy atom. The molecule has 0 bridgehead atoms. The van der Waals surface area contributed by atoms with Gasteiger partial charge in [-0.1, -0.05) is 36.4 Å². The third kappa shape index (κ3) is 4.01. The topological polar surface area (TPSA) is 106 Å². The summed E-state index contributed by atoms with van der Waals surface area (Å²) in [7, 11) is -3.78. The number of nitro groups is 1. The van der Waals surface area contributed by atoms with E-state index in [2.05, 4.69) is 5.32 Å². The Hall–Kier alpha value is -3.26. The van der Waals surface area contributed by atoms with Crippen molar-refractivity contribution in [1.29, 1.82) is 0 Å². The molecular formula is C20H18N2O5S. The molecule has 0 spiro atoms. The fourth-order valence-corrected chi connectivity index (χ4v) is 3.78. The second-order valence-corrected chi connectivity index (χ2v) is 8.50. The predicted molar refractivity (Wildman–Crippen MR) is 106 cm³/mol. The van der Waals surface area contributed by atoms with E-state index in [9.17, 15) is 23.3 Å². The van der Waals surface area contributed by atoms with E-state index >= 15 is 0 Å². The third-order valence-electron chi connectivity index (χ3n) is 4.44. The van der Waals surface area contributed by atoms with Crippen molar-refractivity contribution in [2.75, 3.05) is 6.26 Å². The van der Waals surface area contributed by atoms with Gasteiger partial charge in [-0.2, -0.15) is 0 Å². The first kappa shape index (κ1) is 19.5. The maximum absolute atomic E-state index is 12.5. The Labute approximate surface area is 162 Å². The van der Waals surface area contributed by atoms with Crippen LogP contribution in [-0.2, 0) is 9.84 Å². The molecule has 0 heterocycles. The zero-order chi connectivity index (χ0) is 20.5. The number of fused-ring (bicyclic) bond motifs is 1. The normalized spacial score (nSPS) is 12.5. The van der Waals surface area contributed by atoms with Crippen molar-refractivity contribution in [3.8, 4) is 0 Å². The van der Waals surface area contributed by atoms with Crippen LogP contribution < -0.4 is 5.32 Å². The average Bonchev–Trinajstić information content (AvgIpc) is 2.66. The van der Waals surface area contributed by atoms with Crippen LogP contribution in [0, 0.1) is 10.1 Å². The molecule has 0 aliphatic carbocycles. The molecule has 28 heavy (non-hydrogen) atoms. The molecule has 1 amide bonds. The van der Waals surface area contributed by atoms with E-state index in [-0.39, 0.29) is 11.6 Å². The number of sulfone groups is 1. The summed E-state index contributed by atoms with van der Waals surface area (Å²) in [5.74, 6) is -0.524. The molecule has 0 radical (unpaired) electrons. The summed E-state index contributed by atoms with van der Waals surface area (Å²) in [6, 6.07) is 16.7. The minimum absolute atomic E-state index is 0.0201.